The van der Waals surface area contributed by atoms with Gasteiger partial charge in [0.1, 0.15) is 5.75 Å². The highest BCUT2D eigenvalue weighted by Gasteiger charge is 2.08. The lowest BCUT2D eigenvalue weighted by atomic mass is 10.1. The van der Waals surface area contributed by atoms with Crippen LogP contribution in [0.5, 0.6) is 5.75 Å². The maximum absolute atomic E-state index is 11.5. The van der Waals surface area contributed by atoms with Gasteiger partial charge in [0.15, 0.2) is 0 Å². The topological polar surface area (TPSA) is 85.2 Å². The van der Waals surface area contributed by atoms with Gasteiger partial charge >= 0.3 is 11.9 Å². The normalized spacial score (nSPS) is 11.0. The van der Waals surface area contributed by atoms with Crippen molar-refractivity contribution in [3.05, 3.63) is 29.8 Å². The molecule has 0 bridgehead atoms. The van der Waals surface area contributed by atoms with E-state index < -0.39 is 11.9 Å². The first-order valence-corrected chi connectivity index (χ1v) is 6.18. The van der Waals surface area contributed by atoms with Crippen LogP contribution in [0.3, 0.4) is 0 Å². The molecular weight excluding hydrogens is 262 g/mol. The van der Waals surface area contributed by atoms with Crippen molar-refractivity contribution in [3.8, 4) is 5.75 Å². The van der Waals surface area contributed by atoms with Crippen LogP contribution in [0, 0.1) is 0 Å². The zero-order valence-electron chi connectivity index (χ0n) is 11.5. The highest BCUT2D eigenvalue weighted by Crippen LogP contribution is 2.10. The van der Waals surface area contributed by atoms with Crippen LogP contribution in [0.15, 0.2) is 29.4 Å². The Kier molecular flexibility index (Phi) is 6.22. The Hall–Kier alpha value is -2.37. The summed E-state index contributed by atoms with van der Waals surface area (Å²) in [6.45, 7) is 3.58. The lowest BCUT2D eigenvalue weighted by molar-refractivity contribution is -0.144. The molecule has 0 aliphatic carbocycles. The van der Waals surface area contributed by atoms with Crippen LogP contribution in [0.25, 0.3) is 0 Å². The van der Waals surface area contributed by atoms with Crippen LogP contribution < -0.4 is 0 Å². The summed E-state index contributed by atoms with van der Waals surface area (Å²) in [7, 11) is 0. The number of phenolic OH excluding ortho intramolecular Hbond substituents is 1. The Morgan fingerprint density at radius 1 is 1.20 bits per heavy atom. The molecule has 0 amide bonds. The quantitative estimate of drug-likeness (QED) is 0.371. The van der Waals surface area contributed by atoms with Gasteiger partial charge in [0.2, 0.25) is 0 Å². The minimum absolute atomic E-state index is 0.0136. The largest absolute Gasteiger partial charge is 0.508 e. The van der Waals surface area contributed by atoms with E-state index in [1.165, 1.54) is 12.1 Å². The van der Waals surface area contributed by atoms with E-state index in [2.05, 4.69) is 5.16 Å². The third-order valence-electron chi connectivity index (χ3n) is 2.29. The van der Waals surface area contributed by atoms with Gasteiger partial charge in [-0.05, 0) is 31.5 Å². The summed E-state index contributed by atoms with van der Waals surface area (Å²) in [5.41, 5.74) is 1.06. The Bertz CT molecular complexity index is 493. The second-order valence-corrected chi connectivity index (χ2v) is 4.11. The molecule has 1 aromatic rings. The van der Waals surface area contributed by atoms with Crippen molar-refractivity contribution in [2.24, 2.45) is 5.16 Å². The predicted molar refractivity (Wildman–Crippen MR) is 72.3 cm³/mol. The molecule has 1 rings (SSSR count). The predicted octanol–water partition coefficient (Wildman–Crippen LogP) is 1.81. The SMILES string of the molecule is CCOC(=O)C/C(C)=N/OC(=O)Cc1ccc(O)cc1. The smallest absolute Gasteiger partial charge is 0.339 e. The summed E-state index contributed by atoms with van der Waals surface area (Å²) >= 11 is 0. The molecule has 0 aliphatic rings. The number of nitrogens with zero attached hydrogens (tertiary/aromatic N) is 1. The molecule has 0 aromatic heterocycles. The molecule has 6 nitrogen and oxygen atoms in total. The van der Waals surface area contributed by atoms with Gasteiger partial charge in [-0.1, -0.05) is 17.3 Å². The fraction of sp³-hybridized carbons (Fsp3) is 0.357. The molecule has 0 saturated heterocycles. The maximum Gasteiger partial charge on any atom is 0.339 e. The van der Waals surface area contributed by atoms with Crippen molar-refractivity contribution in [1.29, 1.82) is 0 Å². The molecule has 0 fully saturated rings. The molecule has 1 aromatic carbocycles. The minimum Gasteiger partial charge on any atom is -0.508 e. The fourth-order valence-corrected chi connectivity index (χ4v) is 1.39. The van der Waals surface area contributed by atoms with E-state index in [1.807, 2.05) is 0 Å². The number of phenols is 1. The molecule has 1 N–H and O–H groups in total. The van der Waals surface area contributed by atoms with E-state index >= 15 is 0 Å². The fourth-order valence-electron chi connectivity index (χ4n) is 1.39. The van der Waals surface area contributed by atoms with E-state index in [0.717, 1.165) is 0 Å². The average Bonchev–Trinajstić information content (AvgIpc) is 2.39. The van der Waals surface area contributed by atoms with Crippen LogP contribution in [-0.4, -0.2) is 29.4 Å². The number of oxime groups is 1. The van der Waals surface area contributed by atoms with Crippen molar-refractivity contribution >= 4 is 17.7 Å². The van der Waals surface area contributed by atoms with Crippen molar-refractivity contribution in [3.63, 3.8) is 0 Å². The van der Waals surface area contributed by atoms with Crippen molar-refractivity contribution < 1.29 is 24.3 Å². The zero-order valence-corrected chi connectivity index (χ0v) is 11.5. The number of esters is 1. The summed E-state index contributed by atoms with van der Waals surface area (Å²) in [5.74, 6) is -0.826. The third-order valence-corrected chi connectivity index (χ3v) is 2.29. The van der Waals surface area contributed by atoms with Crippen molar-refractivity contribution in [2.45, 2.75) is 26.7 Å². The van der Waals surface area contributed by atoms with Crippen LogP contribution in [0.4, 0.5) is 0 Å². The molecule has 0 unspecified atom stereocenters. The van der Waals surface area contributed by atoms with Crippen LogP contribution in [0.1, 0.15) is 25.8 Å². The molecule has 20 heavy (non-hydrogen) atoms. The number of aromatic hydroxyl groups is 1. The molecule has 0 aliphatic heterocycles. The lowest BCUT2D eigenvalue weighted by Crippen LogP contribution is -2.11. The van der Waals surface area contributed by atoms with Crippen molar-refractivity contribution in [2.75, 3.05) is 6.61 Å². The Morgan fingerprint density at radius 2 is 1.85 bits per heavy atom. The van der Waals surface area contributed by atoms with Gasteiger partial charge in [-0.3, -0.25) is 4.79 Å². The highest BCUT2D eigenvalue weighted by atomic mass is 16.7. The number of ether oxygens (including phenoxy) is 1. The number of rotatable bonds is 6. The highest BCUT2D eigenvalue weighted by molar-refractivity contribution is 5.97. The first kappa shape index (κ1) is 15.7. The summed E-state index contributed by atoms with van der Waals surface area (Å²) in [5, 5.41) is 12.7. The molecule has 0 spiro atoms. The summed E-state index contributed by atoms with van der Waals surface area (Å²) < 4.78 is 4.74. The van der Waals surface area contributed by atoms with Crippen LogP contribution in [-0.2, 0) is 25.6 Å². The van der Waals surface area contributed by atoms with E-state index in [-0.39, 0.29) is 18.6 Å². The monoisotopic (exact) mass is 279 g/mol. The molecule has 0 radical (unpaired) electrons. The standard InChI is InChI=1S/C14H17NO5/c1-3-19-13(17)8-10(2)15-20-14(18)9-11-4-6-12(16)7-5-11/h4-7,16H,3,8-9H2,1-2H3/b15-10+. The van der Waals surface area contributed by atoms with Gasteiger partial charge in [-0.25, -0.2) is 4.79 Å². The van der Waals surface area contributed by atoms with Crippen LogP contribution >= 0.6 is 0 Å². The van der Waals surface area contributed by atoms with E-state index in [4.69, 9.17) is 14.7 Å². The van der Waals surface area contributed by atoms with Gasteiger partial charge in [0, 0.05) is 0 Å². The number of hydrogen-bond acceptors (Lipinski definition) is 6. The van der Waals surface area contributed by atoms with Crippen molar-refractivity contribution in [1.82, 2.24) is 0 Å². The Labute approximate surface area is 117 Å². The number of hydrogen-bond donors (Lipinski definition) is 1. The van der Waals surface area contributed by atoms with E-state index in [1.54, 1.807) is 26.0 Å². The Morgan fingerprint density at radius 3 is 2.45 bits per heavy atom. The van der Waals surface area contributed by atoms with E-state index in [0.29, 0.717) is 17.9 Å². The van der Waals surface area contributed by atoms with Crippen LogP contribution in [0.2, 0.25) is 0 Å². The van der Waals surface area contributed by atoms with Gasteiger partial charge in [0.05, 0.1) is 25.2 Å². The molecule has 0 heterocycles. The van der Waals surface area contributed by atoms with Gasteiger partial charge in [-0.2, -0.15) is 0 Å². The lowest BCUT2D eigenvalue weighted by Gasteiger charge is -2.02. The Balaban J connectivity index is 2.42. The number of carbonyl (C=O) groups is 2. The molecule has 0 saturated carbocycles. The maximum atomic E-state index is 11.5. The first-order chi connectivity index (χ1) is 9.51. The molecule has 6 heteroatoms. The summed E-state index contributed by atoms with van der Waals surface area (Å²) in [6.07, 6.45) is 0.0246. The zero-order chi connectivity index (χ0) is 15.0. The molecular formula is C14H17NO5. The van der Waals surface area contributed by atoms with E-state index in [9.17, 15) is 9.59 Å². The molecule has 0 atom stereocenters. The number of carbonyl (C=O) groups excluding carboxylic acids is 2. The average molecular weight is 279 g/mol. The van der Waals surface area contributed by atoms with Gasteiger partial charge < -0.3 is 14.7 Å². The van der Waals surface area contributed by atoms with Gasteiger partial charge in [0.25, 0.3) is 0 Å². The molecule has 108 valence electrons. The second-order valence-electron chi connectivity index (χ2n) is 4.11. The second kappa shape index (κ2) is 7.93. The van der Waals surface area contributed by atoms with Gasteiger partial charge in [-0.15, -0.1) is 0 Å². The summed E-state index contributed by atoms with van der Waals surface area (Å²) in [4.78, 5) is 27.4. The minimum atomic E-state index is -0.543. The first-order valence-electron chi connectivity index (χ1n) is 6.18. The summed E-state index contributed by atoms with van der Waals surface area (Å²) in [6, 6.07) is 6.20. The third kappa shape index (κ3) is 5.99. The number of benzene rings is 1.